The average molecular weight is 452 g/mol. The second-order valence-corrected chi connectivity index (χ2v) is 8.13. The fourth-order valence-corrected chi connectivity index (χ4v) is 3.77. The number of hydrogen-bond donors (Lipinski definition) is 0. The normalized spacial score (nSPS) is 15.2. The summed E-state index contributed by atoms with van der Waals surface area (Å²) in [5, 5.41) is 0. The van der Waals surface area contributed by atoms with Crippen molar-refractivity contribution < 1.29 is 23.0 Å². The number of ether oxygens (including phenoxy) is 3. The fourth-order valence-electron chi connectivity index (χ4n) is 3.77. The summed E-state index contributed by atoms with van der Waals surface area (Å²) >= 11 is 0. The Kier molecular flexibility index (Phi) is 6.92. The SMILES string of the molecule is CCc1ccc(OCc2c(C)cc(OCC3COC(c4c(F)cccc4F)=N3)cc2C)cc1. The van der Waals surface area contributed by atoms with Gasteiger partial charge in [-0.15, -0.1) is 0 Å². The van der Waals surface area contributed by atoms with Gasteiger partial charge in [0.15, 0.2) is 0 Å². The molecule has 3 aromatic rings. The third kappa shape index (κ3) is 5.33. The third-order valence-electron chi connectivity index (χ3n) is 5.72. The van der Waals surface area contributed by atoms with Crippen LogP contribution in [0.1, 0.15) is 34.7 Å². The second kappa shape index (κ2) is 10.0. The van der Waals surface area contributed by atoms with Gasteiger partial charge in [-0.05, 0) is 78.9 Å². The number of aliphatic imine (C=N–C) groups is 1. The molecule has 1 aliphatic heterocycles. The lowest BCUT2D eigenvalue weighted by molar-refractivity contribution is 0.242. The van der Waals surface area contributed by atoms with Crippen LogP contribution in [0.15, 0.2) is 59.6 Å². The van der Waals surface area contributed by atoms with Crippen molar-refractivity contribution in [2.75, 3.05) is 13.2 Å². The molecule has 172 valence electrons. The lowest BCUT2D eigenvalue weighted by Gasteiger charge is -2.15. The zero-order valence-corrected chi connectivity index (χ0v) is 19.0. The Morgan fingerprint density at radius 1 is 0.939 bits per heavy atom. The lowest BCUT2D eigenvalue weighted by atomic mass is 10.0. The predicted octanol–water partition coefficient (Wildman–Crippen LogP) is 5.95. The minimum absolute atomic E-state index is 0.0222. The number of hydrogen-bond acceptors (Lipinski definition) is 4. The molecule has 33 heavy (non-hydrogen) atoms. The highest BCUT2D eigenvalue weighted by Crippen LogP contribution is 2.25. The van der Waals surface area contributed by atoms with Crippen molar-refractivity contribution in [3.8, 4) is 11.5 Å². The maximum absolute atomic E-state index is 14.0. The molecule has 1 atom stereocenters. The van der Waals surface area contributed by atoms with E-state index in [1.807, 2.05) is 38.1 Å². The summed E-state index contributed by atoms with van der Waals surface area (Å²) in [5.74, 6) is 0.140. The molecule has 0 saturated carbocycles. The van der Waals surface area contributed by atoms with Gasteiger partial charge in [-0.2, -0.15) is 0 Å². The minimum atomic E-state index is -0.694. The first kappa shape index (κ1) is 22.8. The first-order chi connectivity index (χ1) is 15.9. The maximum Gasteiger partial charge on any atom is 0.222 e. The second-order valence-electron chi connectivity index (χ2n) is 8.13. The van der Waals surface area contributed by atoms with Crippen molar-refractivity contribution in [2.24, 2.45) is 4.99 Å². The lowest BCUT2D eigenvalue weighted by Crippen LogP contribution is -2.17. The molecule has 1 aliphatic rings. The van der Waals surface area contributed by atoms with Gasteiger partial charge in [-0.1, -0.05) is 25.1 Å². The Morgan fingerprint density at radius 3 is 2.24 bits per heavy atom. The molecule has 0 aromatic heterocycles. The first-order valence-electron chi connectivity index (χ1n) is 11.0. The van der Waals surface area contributed by atoms with E-state index in [0.29, 0.717) is 12.4 Å². The molecule has 1 unspecified atom stereocenters. The number of halogens is 2. The topological polar surface area (TPSA) is 40.0 Å². The third-order valence-corrected chi connectivity index (χ3v) is 5.72. The fraction of sp³-hybridized carbons (Fsp3) is 0.296. The van der Waals surface area contributed by atoms with Crippen LogP contribution in [0.4, 0.5) is 8.78 Å². The van der Waals surface area contributed by atoms with Gasteiger partial charge in [0.2, 0.25) is 5.90 Å². The molecular formula is C27H27F2NO3. The zero-order valence-electron chi connectivity index (χ0n) is 19.0. The van der Waals surface area contributed by atoms with Gasteiger partial charge in [-0.25, -0.2) is 13.8 Å². The van der Waals surface area contributed by atoms with Crippen LogP contribution in [0, 0.1) is 25.5 Å². The number of rotatable bonds is 8. The Balaban J connectivity index is 1.38. The molecule has 0 fully saturated rings. The summed E-state index contributed by atoms with van der Waals surface area (Å²) in [7, 11) is 0. The minimum Gasteiger partial charge on any atom is -0.491 e. The van der Waals surface area contributed by atoms with E-state index in [9.17, 15) is 8.78 Å². The van der Waals surface area contributed by atoms with Crippen LogP contribution >= 0.6 is 0 Å². The zero-order chi connectivity index (χ0) is 23.4. The van der Waals surface area contributed by atoms with Crippen LogP contribution in [-0.4, -0.2) is 25.2 Å². The number of nitrogens with zero attached hydrogens (tertiary/aromatic N) is 1. The first-order valence-corrected chi connectivity index (χ1v) is 11.0. The molecule has 0 amide bonds. The van der Waals surface area contributed by atoms with Crippen molar-refractivity contribution in [2.45, 2.75) is 39.8 Å². The smallest absolute Gasteiger partial charge is 0.222 e. The van der Waals surface area contributed by atoms with E-state index < -0.39 is 11.6 Å². The van der Waals surface area contributed by atoms with Gasteiger partial charge in [0.1, 0.15) is 54.6 Å². The monoisotopic (exact) mass is 451 g/mol. The summed E-state index contributed by atoms with van der Waals surface area (Å²) in [6.45, 7) is 7.10. The van der Waals surface area contributed by atoms with Crippen LogP contribution in [0.3, 0.4) is 0 Å². The van der Waals surface area contributed by atoms with Crippen molar-refractivity contribution in [1.82, 2.24) is 0 Å². The van der Waals surface area contributed by atoms with Crippen LogP contribution in [0.5, 0.6) is 11.5 Å². The summed E-state index contributed by atoms with van der Waals surface area (Å²) in [4.78, 5) is 4.30. The van der Waals surface area contributed by atoms with Crippen LogP contribution in [0.2, 0.25) is 0 Å². The summed E-state index contributed by atoms with van der Waals surface area (Å²) in [5.41, 5.74) is 4.28. The van der Waals surface area contributed by atoms with Gasteiger partial charge in [-0.3, -0.25) is 0 Å². The largest absolute Gasteiger partial charge is 0.491 e. The van der Waals surface area contributed by atoms with Crippen molar-refractivity contribution in [3.05, 3.63) is 94.0 Å². The molecule has 4 nitrogen and oxygen atoms in total. The van der Waals surface area contributed by atoms with Crippen molar-refractivity contribution in [1.29, 1.82) is 0 Å². The summed E-state index contributed by atoms with van der Waals surface area (Å²) < 4.78 is 45.3. The van der Waals surface area contributed by atoms with Crippen LogP contribution < -0.4 is 9.47 Å². The van der Waals surface area contributed by atoms with Gasteiger partial charge in [0.05, 0.1) is 0 Å². The summed E-state index contributed by atoms with van der Waals surface area (Å²) in [6.07, 6.45) is 1.000. The average Bonchev–Trinajstić information content (AvgIpc) is 3.26. The van der Waals surface area contributed by atoms with E-state index in [4.69, 9.17) is 14.2 Å². The van der Waals surface area contributed by atoms with E-state index in [2.05, 4.69) is 24.0 Å². The summed E-state index contributed by atoms with van der Waals surface area (Å²) in [6, 6.07) is 15.4. The van der Waals surface area contributed by atoms with Crippen molar-refractivity contribution in [3.63, 3.8) is 0 Å². The molecule has 0 saturated heterocycles. The highest BCUT2D eigenvalue weighted by molar-refractivity contribution is 5.95. The Labute approximate surface area is 192 Å². The standard InChI is InChI=1S/C27H27F2NO3/c1-4-19-8-10-21(11-9-19)32-16-23-17(2)12-22(13-18(23)3)31-14-20-15-33-27(30-20)26-24(28)6-5-7-25(26)29/h5-13,20H,4,14-16H2,1-3H3. The maximum atomic E-state index is 14.0. The van der Waals surface area contributed by atoms with E-state index in [1.165, 1.54) is 23.8 Å². The number of aryl methyl sites for hydroxylation is 3. The molecular weight excluding hydrogens is 424 g/mol. The van der Waals surface area contributed by atoms with Gasteiger partial charge in [0.25, 0.3) is 0 Å². The predicted molar refractivity (Wildman–Crippen MR) is 124 cm³/mol. The van der Waals surface area contributed by atoms with E-state index in [-0.39, 0.29) is 30.7 Å². The number of benzene rings is 3. The van der Waals surface area contributed by atoms with Crippen LogP contribution in [0.25, 0.3) is 0 Å². The Hall–Kier alpha value is -3.41. The molecule has 0 N–H and O–H groups in total. The highest BCUT2D eigenvalue weighted by atomic mass is 19.1. The van der Waals surface area contributed by atoms with Crippen molar-refractivity contribution >= 4 is 5.90 Å². The van der Waals surface area contributed by atoms with Gasteiger partial charge >= 0.3 is 0 Å². The molecule has 1 heterocycles. The highest BCUT2D eigenvalue weighted by Gasteiger charge is 2.25. The van der Waals surface area contributed by atoms with E-state index in [0.717, 1.165) is 28.9 Å². The molecule has 6 heteroatoms. The molecule has 4 rings (SSSR count). The quantitative estimate of drug-likeness (QED) is 0.425. The van der Waals surface area contributed by atoms with E-state index >= 15 is 0 Å². The Morgan fingerprint density at radius 2 is 1.61 bits per heavy atom. The molecule has 0 bridgehead atoms. The Bertz CT molecular complexity index is 1120. The van der Waals surface area contributed by atoms with Gasteiger partial charge < -0.3 is 14.2 Å². The van der Waals surface area contributed by atoms with E-state index in [1.54, 1.807) is 0 Å². The molecule has 0 spiro atoms. The van der Waals surface area contributed by atoms with Gasteiger partial charge in [0, 0.05) is 0 Å². The van der Waals surface area contributed by atoms with Crippen LogP contribution in [-0.2, 0) is 17.8 Å². The molecule has 3 aromatic carbocycles. The molecule has 0 radical (unpaired) electrons. The molecule has 0 aliphatic carbocycles.